The zero-order valence-corrected chi connectivity index (χ0v) is 12.1. The number of carbonyl (C=O) groups is 1. The summed E-state index contributed by atoms with van der Waals surface area (Å²) in [5.41, 5.74) is 1.09. The summed E-state index contributed by atoms with van der Waals surface area (Å²) in [5, 5.41) is 0. The Morgan fingerprint density at radius 3 is 2.67 bits per heavy atom. The molecule has 1 fully saturated rings. The van der Waals surface area contributed by atoms with Crippen molar-refractivity contribution in [3.8, 4) is 0 Å². The largest absolute Gasteiger partial charge is 0.469 e. The van der Waals surface area contributed by atoms with Crippen molar-refractivity contribution in [1.82, 2.24) is 4.90 Å². The molecule has 0 aliphatic carbocycles. The van der Waals surface area contributed by atoms with Crippen LogP contribution in [0.25, 0.3) is 0 Å². The Morgan fingerprint density at radius 2 is 2.11 bits per heavy atom. The quantitative estimate of drug-likeness (QED) is 0.706. The summed E-state index contributed by atoms with van der Waals surface area (Å²) in [6, 6.07) is 0.143. The summed E-state index contributed by atoms with van der Waals surface area (Å²) in [7, 11) is 0. The van der Waals surface area contributed by atoms with Gasteiger partial charge < -0.3 is 4.74 Å². The molecule has 0 aromatic rings. The molecule has 1 aliphatic heterocycles. The van der Waals surface area contributed by atoms with Gasteiger partial charge in [0.2, 0.25) is 0 Å². The molecule has 1 aliphatic rings. The normalized spacial score (nSPS) is 19.3. The third-order valence-electron chi connectivity index (χ3n) is 2.72. The van der Waals surface area contributed by atoms with Crippen LogP contribution in [0.2, 0.25) is 0 Å². The Morgan fingerprint density at radius 1 is 1.44 bits per heavy atom. The van der Waals surface area contributed by atoms with Gasteiger partial charge in [-0.1, -0.05) is 13.8 Å². The minimum Gasteiger partial charge on any atom is -0.469 e. The Kier molecular flexibility index (Phi) is 5.38. The second kappa shape index (κ2) is 6.57. The highest BCUT2D eigenvalue weighted by molar-refractivity contribution is 5.81. The molecule has 0 N–H and O–H groups in total. The summed E-state index contributed by atoms with van der Waals surface area (Å²) in [6.07, 6.45) is 2.79. The molecule has 0 bridgehead atoms. The molecule has 0 saturated carbocycles. The number of nitrogens with zero attached hydrogens (tertiary/aromatic N) is 2. The lowest BCUT2D eigenvalue weighted by Gasteiger charge is -2.21. The highest BCUT2D eigenvalue weighted by Gasteiger charge is 2.30. The third kappa shape index (κ3) is 3.86. The van der Waals surface area contributed by atoms with Crippen molar-refractivity contribution in [3.63, 3.8) is 0 Å². The fourth-order valence-electron chi connectivity index (χ4n) is 1.86. The van der Waals surface area contributed by atoms with Gasteiger partial charge in [0, 0.05) is 18.8 Å². The number of aliphatic imine (C=N–C) groups is 1. The molecule has 0 aromatic heterocycles. The van der Waals surface area contributed by atoms with Crippen LogP contribution in [0, 0.1) is 5.92 Å². The van der Waals surface area contributed by atoms with Crippen molar-refractivity contribution in [3.05, 3.63) is 11.5 Å². The molecule has 0 aromatic carbocycles. The average molecular weight is 252 g/mol. The number of hydrogen-bond acceptors (Lipinski definition) is 3. The topological polar surface area (TPSA) is 41.9 Å². The van der Waals surface area contributed by atoms with Gasteiger partial charge in [0.1, 0.15) is 0 Å². The van der Waals surface area contributed by atoms with Gasteiger partial charge in [0.15, 0.2) is 12.5 Å². The Hall–Kier alpha value is -1.32. The first-order valence-electron chi connectivity index (χ1n) is 6.58. The van der Waals surface area contributed by atoms with Gasteiger partial charge in [-0.3, -0.25) is 14.7 Å². The standard InChI is InChI=1S/C14H24N2O2/c1-10(2)8-15-7-6-12(5)14-16(11(3)4)13(17)9-18-14/h8,10-11H,6-7,9H2,1-5H3/b14-12+,15-8?. The molecule has 0 radical (unpaired) electrons. The monoisotopic (exact) mass is 252 g/mol. The number of carbonyl (C=O) groups excluding carboxylic acids is 1. The van der Waals surface area contributed by atoms with E-state index in [1.807, 2.05) is 27.0 Å². The van der Waals surface area contributed by atoms with Crippen molar-refractivity contribution >= 4 is 12.1 Å². The number of hydrogen-bond donors (Lipinski definition) is 0. The second-order valence-electron chi connectivity index (χ2n) is 5.28. The van der Waals surface area contributed by atoms with E-state index in [1.165, 1.54) is 0 Å². The van der Waals surface area contributed by atoms with Gasteiger partial charge in [-0.05, 0) is 38.7 Å². The Bertz CT molecular complexity index is 357. The fraction of sp³-hybridized carbons (Fsp3) is 0.714. The first kappa shape index (κ1) is 14.7. The lowest BCUT2D eigenvalue weighted by atomic mass is 10.2. The van der Waals surface area contributed by atoms with Crippen LogP contribution in [0.5, 0.6) is 0 Å². The lowest BCUT2D eigenvalue weighted by molar-refractivity contribution is -0.127. The summed E-state index contributed by atoms with van der Waals surface area (Å²) >= 11 is 0. The minimum absolute atomic E-state index is 0.0463. The highest BCUT2D eigenvalue weighted by atomic mass is 16.5. The third-order valence-corrected chi connectivity index (χ3v) is 2.72. The van der Waals surface area contributed by atoms with E-state index in [0.717, 1.165) is 24.4 Å². The van der Waals surface area contributed by atoms with Crippen molar-refractivity contribution in [2.45, 2.75) is 47.1 Å². The van der Waals surface area contributed by atoms with Gasteiger partial charge in [-0.15, -0.1) is 0 Å². The van der Waals surface area contributed by atoms with Crippen molar-refractivity contribution < 1.29 is 9.53 Å². The SMILES string of the molecule is C/C(CCN=CC(C)C)=C1\OCC(=O)N1C(C)C. The Labute approximate surface area is 110 Å². The van der Waals surface area contributed by atoms with Gasteiger partial charge in [0.05, 0.1) is 0 Å². The zero-order chi connectivity index (χ0) is 13.7. The number of rotatable bonds is 5. The molecule has 18 heavy (non-hydrogen) atoms. The molecule has 1 rings (SSSR count). The van der Waals surface area contributed by atoms with Crippen molar-refractivity contribution in [1.29, 1.82) is 0 Å². The molecule has 1 saturated heterocycles. The van der Waals surface area contributed by atoms with Crippen LogP contribution in [0.15, 0.2) is 16.4 Å². The molecule has 0 spiro atoms. The van der Waals surface area contributed by atoms with Crippen LogP contribution in [-0.2, 0) is 9.53 Å². The number of ether oxygens (including phenoxy) is 1. The van der Waals surface area contributed by atoms with Crippen molar-refractivity contribution in [2.75, 3.05) is 13.2 Å². The first-order chi connectivity index (χ1) is 8.43. The van der Waals surface area contributed by atoms with Crippen LogP contribution in [-0.4, -0.2) is 36.2 Å². The van der Waals surface area contributed by atoms with Gasteiger partial charge in [-0.2, -0.15) is 0 Å². The Balaban J connectivity index is 2.64. The molecule has 1 amide bonds. The molecule has 0 atom stereocenters. The first-order valence-corrected chi connectivity index (χ1v) is 6.58. The van der Waals surface area contributed by atoms with E-state index in [1.54, 1.807) is 4.90 Å². The van der Waals surface area contributed by atoms with E-state index in [-0.39, 0.29) is 18.6 Å². The molecular weight excluding hydrogens is 228 g/mol. The minimum atomic E-state index is 0.0463. The van der Waals surface area contributed by atoms with Crippen LogP contribution in [0.4, 0.5) is 0 Å². The molecule has 4 nitrogen and oxygen atoms in total. The van der Waals surface area contributed by atoms with E-state index in [2.05, 4.69) is 18.8 Å². The highest BCUT2D eigenvalue weighted by Crippen LogP contribution is 2.23. The summed E-state index contributed by atoms with van der Waals surface area (Å²) < 4.78 is 5.48. The second-order valence-corrected chi connectivity index (χ2v) is 5.28. The summed E-state index contributed by atoms with van der Waals surface area (Å²) in [4.78, 5) is 17.8. The maximum absolute atomic E-state index is 11.7. The van der Waals surface area contributed by atoms with Crippen LogP contribution in [0.3, 0.4) is 0 Å². The van der Waals surface area contributed by atoms with E-state index in [0.29, 0.717) is 5.92 Å². The van der Waals surface area contributed by atoms with Crippen molar-refractivity contribution in [2.24, 2.45) is 10.9 Å². The van der Waals surface area contributed by atoms with Crippen LogP contribution in [0.1, 0.15) is 41.0 Å². The predicted molar refractivity (Wildman–Crippen MR) is 73.4 cm³/mol. The predicted octanol–water partition coefficient (Wildman–Crippen LogP) is 2.60. The maximum Gasteiger partial charge on any atom is 0.267 e. The summed E-state index contributed by atoms with van der Waals surface area (Å²) in [6.45, 7) is 11.1. The molecule has 1 heterocycles. The van der Waals surface area contributed by atoms with Crippen LogP contribution < -0.4 is 0 Å². The van der Waals surface area contributed by atoms with E-state index >= 15 is 0 Å². The van der Waals surface area contributed by atoms with Gasteiger partial charge >= 0.3 is 0 Å². The average Bonchev–Trinajstić information content (AvgIpc) is 2.66. The van der Waals surface area contributed by atoms with Gasteiger partial charge in [0.25, 0.3) is 5.91 Å². The summed E-state index contributed by atoms with van der Waals surface area (Å²) in [5.74, 6) is 1.26. The molecule has 4 heteroatoms. The molecule has 102 valence electrons. The zero-order valence-electron chi connectivity index (χ0n) is 12.1. The van der Waals surface area contributed by atoms with Crippen LogP contribution >= 0.6 is 0 Å². The van der Waals surface area contributed by atoms with Gasteiger partial charge in [-0.25, -0.2) is 0 Å². The van der Waals surface area contributed by atoms with E-state index in [9.17, 15) is 4.79 Å². The number of amides is 1. The molecular formula is C14H24N2O2. The van der Waals surface area contributed by atoms with E-state index in [4.69, 9.17) is 4.74 Å². The maximum atomic E-state index is 11.7. The van der Waals surface area contributed by atoms with E-state index < -0.39 is 0 Å². The fourth-order valence-corrected chi connectivity index (χ4v) is 1.86. The molecule has 0 unspecified atom stereocenters. The lowest BCUT2D eigenvalue weighted by Crippen LogP contribution is -2.32. The smallest absolute Gasteiger partial charge is 0.267 e.